The molecule has 0 heterocycles. The summed E-state index contributed by atoms with van der Waals surface area (Å²) < 4.78 is 40.7. The van der Waals surface area contributed by atoms with Crippen molar-refractivity contribution < 1.29 is 27.8 Å². The third-order valence-electron chi connectivity index (χ3n) is 3.39. The topological polar surface area (TPSA) is 70.6 Å². The number of urea groups is 1. The van der Waals surface area contributed by atoms with Crippen molar-refractivity contribution in [2.75, 3.05) is 5.32 Å². The first-order chi connectivity index (χ1) is 10.3. The lowest BCUT2D eigenvalue weighted by atomic mass is 9.93. The predicted molar refractivity (Wildman–Crippen MR) is 73.5 cm³/mol. The molecule has 22 heavy (non-hydrogen) atoms. The van der Waals surface area contributed by atoms with Gasteiger partial charge in [-0.2, -0.15) is 0 Å². The number of nitrogens with one attached hydrogen (secondary N) is 2. The first-order valence-corrected chi connectivity index (χ1v) is 6.94. The molecule has 0 bridgehead atoms. The number of amides is 2. The van der Waals surface area contributed by atoms with Crippen LogP contribution < -0.4 is 15.4 Å². The van der Waals surface area contributed by atoms with Crippen molar-refractivity contribution in [2.45, 2.75) is 44.2 Å². The Morgan fingerprint density at radius 2 is 1.82 bits per heavy atom. The Labute approximate surface area is 125 Å². The number of anilines is 1. The van der Waals surface area contributed by atoms with Crippen LogP contribution in [0.15, 0.2) is 24.3 Å². The van der Waals surface area contributed by atoms with Crippen molar-refractivity contribution in [3.63, 3.8) is 0 Å². The molecule has 1 aromatic rings. The van der Waals surface area contributed by atoms with Crippen LogP contribution in [0.1, 0.15) is 25.7 Å². The van der Waals surface area contributed by atoms with Crippen molar-refractivity contribution in [3.8, 4) is 5.75 Å². The third-order valence-corrected chi connectivity index (χ3v) is 3.39. The van der Waals surface area contributed by atoms with Crippen LogP contribution in [0.3, 0.4) is 0 Å². The molecule has 5 nitrogen and oxygen atoms in total. The van der Waals surface area contributed by atoms with E-state index >= 15 is 0 Å². The minimum absolute atomic E-state index is 0.0619. The molecular formula is C14H17F3N2O3. The fourth-order valence-corrected chi connectivity index (χ4v) is 2.35. The van der Waals surface area contributed by atoms with Crippen LogP contribution in [0.2, 0.25) is 0 Å². The van der Waals surface area contributed by atoms with Crippen LogP contribution in [0, 0.1) is 0 Å². The van der Waals surface area contributed by atoms with Gasteiger partial charge in [0, 0.05) is 6.04 Å². The number of ether oxygens (including phenoxy) is 1. The van der Waals surface area contributed by atoms with Crippen LogP contribution in [0.5, 0.6) is 5.75 Å². The lowest BCUT2D eigenvalue weighted by Crippen LogP contribution is -2.41. The van der Waals surface area contributed by atoms with Crippen LogP contribution in [0.4, 0.5) is 23.7 Å². The van der Waals surface area contributed by atoms with E-state index < -0.39 is 18.1 Å². The van der Waals surface area contributed by atoms with Gasteiger partial charge in [0.15, 0.2) is 5.75 Å². The molecule has 0 spiro atoms. The highest BCUT2D eigenvalue weighted by Gasteiger charge is 2.32. The van der Waals surface area contributed by atoms with E-state index in [1.54, 1.807) is 0 Å². The Morgan fingerprint density at radius 3 is 2.45 bits per heavy atom. The highest BCUT2D eigenvalue weighted by atomic mass is 19.4. The molecule has 1 aliphatic carbocycles. The van der Waals surface area contributed by atoms with Crippen molar-refractivity contribution >= 4 is 11.7 Å². The molecular weight excluding hydrogens is 301 g/mol. The lowest BCUT2D eigenvalue weighted by Gasteiger charge is -2.26. The molecule has 8 heteroatoms. The molecule has 1 aliphatic rings. The van der Waals surface area contributed by atoms with Crippen molar-refractivity contribution in [1.29, 1.82) is 0 Å². The Morgan fingerprint density at radius 1 is 1.18 bits per heavy atom. The first kappa shape index (κ1) is 16.4. The van der Waals surface area contributed by atoms with Gasteiger partial charge in [0.25, 0.3) is 0 Å². The van der Waals surface area contributed by atoms with Crippen LogP contribution in [0.25, 0.3) is 0 Å². The van der Waals surface area contributed by atoms with E-state index in [9.17, 15) is 23.1 Å². The molecule has 0 atom stereocenters. The largest absolute Gasteiger partial charge is 0.573 e. The highest BCUT2D eigenvalue weighted by molar-refractivity contribution is 5.91. The van der Waals surface area contributed by atoms with Crippen LogP contribution in [-0.4, -0.2) is 29.6 Å². The molecule has 0 saturated heterocycles. The average molecular weight is 318 g/mol. The Kier molecular flexibility index (Phi) is 5.12. The number of aliphatic hydroxyl groups excluding tert-OH is 1. The van der Waals surface area contributed by atoms with Gasteiger partial charge in [0.1, 0.15) is 0 Å². The Bertz CT molecular complexity index is 514. The van der Waals surface area contributed by atoms with E-state index in [2.05, 4.69) is 15.4 Å². The molecule has 0 radical (unpaired) electrons. The second-order valence-corrected chi connectivity index (χ2v) is 5.15. The number of hydrogen-bond acceptors (Lipinski definition) is 3. The number of benzene rings is 1. The van der Waals surface area contributed by atoms with Gasteiger partial charge >= 0.3 is 12.4 Å². The summed E-state index contributed by atoms with van der Waals surface area (Å²) in [7, 11) is 0. The van der Waals surface area contributed by atoms with E-state index in [0.29, 0.717) is 25.7 Å². The average Bonchev–Trinajstić information content (AvgIpc) is 2.42. The monoisotopic (exact) mass is 318 g/mol. The fraction of sp³-hybridized carbons (Fsp3) is 0.500. The number of aliphatic hydroxyl groups is 1. The maximum Gasteiger partial charge on any atom is 0.573 e. The number of alkyl halides is 3. The summed E-state index contributed by atoms with van der Waals surface area (Å²) in [5.41, 5.74) is -0.0619. The fourth-order valence-electron chi connectivity index (χ4n) is 2.35. The van der Waals surface area contributed by atoms with Crippen molar-refractivity contribution in [2.24, 2.45) is 0 Å². The molecule has 1 fully saturated rings. The standard InChI is InChI=1S/C14H17F3N2O3/c15-14(16,17)22-12-4-2-1-3-11(12)19-13(21)18-9-5-7-10(20)8-6-9/h1-4,9-10,20H,5-8H2,(H2,18,19,21). The van der Waals surface area contributed by atoms with E-state index in [-0.39, 0.29) is 17.8 Å². The van der Waals surface area contributed by atoms with Crippen LogP contribution >= 0.6 is 0 Å². The number of hydrogen-bond donors (Lipinski definition) is 3. The quantitative estimate of drug-likeness (QED) is 0.802. The molecule has 1 aromatic carbocycles. The van der Waals surface area contributed by atoms with Crippen molar-refractivity contribution in [3.05, 3.63) is 24.3 Å². The SMILES string of the molecule is O=C(Nc1ccccc1OC(F)(F)F)NC1CCC(O)CC1. The van der Waals surface area contributed by atoms with Gasteiger partial charge in [-0.05, 0) is 37.8 Å². The maximum absolute atomic E-state index is 12.3. The zero-order valence-corrected chi connectivity index (χ0v) is 11.7. The molecule has 0 aromatic heterocycles. The number of halogens is 3. The van der Waals surface area contributed by atoms with Gasteiger partial charge in [-0.1, -0.05) is 12.1 Å². The van der Waals surface area contributed by atoms with Crippen LogP contribution in [-0.2, 0) is 0 Å². The molecule has 0 unspecified atom stereocenters. The van der Waals surface area contributed by atoms with E-state index in [0.717, 1.165) is 6.07 Å². The van der Waals surface area contributed by atoms with Crippen molar-refractivity contribution in [1.82, 2.24) is 5.32 Å². The number of carbonyl (C=O) groups is 1. The van der Waals surface area contributed by atoms with E-state index in [1.807, 2.05) is 0 Å². The zero-order valence-electron chi connectivity index (χ0n) is 11.7. The Hall–Kier alpha value is -1.96. The number of carbonyl (C=O) groups excluding carboxylic acids is 1. The van der Waals surface area contributed by atoms with Gasteiger partial charge < -0.3 is 20.5 Å². The summed E-state index contributed by atoms with van der Waals surface area (Å²) in [5, 5.41) is 14.4. The second kappa shape index (κ2) is 6.87. The minimum atomic E-state index is -4.83. The highest BCUT2D eigenvalue weighted by Crippen LogP contribution is 2.30. The van der Waals surface area contributed by atoms with Gasteiger partial charge in [-0.25, -0.2) is 4.79 Å². The first-order valence-electron chi connectivity index (χ1n) is 6.94. The molecule has 122 valence electrons. The van der Waals surface area contributed by atoms with Gasteiger partial charge in [-0.3, -0.25) is 0 Å². The summed E-state index contributed by atoms with van der Waals surface area (Å²) in [6.07, 6.45) is -2.71. The maximum atomic E-state index is 12.3. The normalized spacial score (nSPS) is 22.0. The smallest absolute Gasteiger partial charge is 0.404 e. The molecule has 1 saturated carbocycles. The number of rotatable bonds is 3. The Balaban J connectivity index is 1.94. The second-order valence-electron chi connectivity index (χ2n) is 5.15. The van der Waals surface area contributed by atoms with Gasteiger partial charge in [-0.15, -0.1) is 13.2 Å². The molecule has 2 amide bonds. The predicted octanol–water partition coefficient (Wildman–Crippen LogP) is 3.01. The molecule has 0 aliphatic heterocycles. The summed E-state index contributed by atoms with van der Waals surface area (Å²) in [6.45, 7) is 0. The van der Waals surface area contributed by atoms with Gasteiger partial charge in [0.05, 0.1) is 11.8 Å². The minimum Gasteiger partial charge on any atom is -0.404 e. The van der Waals surface area contributed by atoms with E-state index in [1.165, 1.54) is 18.2 Å². The summed E-state index contributed by atoms with van der Waals surface area (Å²) >= 11 is 0. The number of para-hydroxylation sites is 2. The third kappa shape index (κ3) is 5.10. The summed E-state index contributed by atoms with van der Waals surface area (Å²) in [5.74, 6) is -0.468. The summed E-state index contributed by atoms with van der Waals surface area (Å²) in [4.78, 5) is 11.9. The summed E-state index contributed by atoms with van der Waals surface area (Å²) in [6, 6.07) is 4.63. The molecule has 3 N–H and O–H groups in total. The molecule has 2 rings (SSSR count). The van der Waals surface area contributed by atoms with E-state index in [4.69, 9.17) is 0 Å². The lowest BCUT2D eigenvalue weighted by molar-refractivity contribution is -0.274. The van der Waals surface area contributed by atoms with Gasteiger partial charge in [0.2, 0.25) is 0 Å². The zero-order chi connectivity index (χ0) is 16.2.